The van der Waals surface area contributed by atoms with Crippen LogP contribution in [0.5, 0.6) is 0 Å². The summed E-state index contributed by atoms with van der Waals surface area (Å²) in [4.78, 5) is 4.62. The molecule has 0 spiro atoms. The van der Waals surface area contributed by atoms with Crippen molar-refractivity contribution in [1.29, 1.82) is 0 Å². The van der Waals surface area contributed by atoms with Gasteiger partial charge in [0.2, 0.25) is 0 Å². The van der Waals surface area contributed by atoms with Gasteiger partial charge in [-0.1, -0.05) is 43.7 Å². The van der Waals surface area contributed by atoms with Crippen LogP contribution in [0.1, 0.15) is 39.0 Å². The Labute approximate surface area is 130 Å². The van der Waals surface area contributed by atoms with E-state index in [2.05, 4.69) is 24.3 Å². The number of hydrogen-bond acceptors (Lipinski definition) is 4. The maximum absolute atomic E-state index is 5.88. The Kier molecular flexibility index (Phi) is 4.86. The molecule has 1 saturated carbocycles. The van der Waals surface area contributed by atoms with Crippen LogP contribution in [0.4, 0.5) is 0 Å². The largest absolute Gasteiger partial charge is 0.431 e. The quantitative estimate of drug-likeness (QED) is 0.884. The molecule has 1 aromatic carbocycles. The summed E-state index contributed by atoms with van der Waals surface area (Å²) in [6.45, 7) is 2.28. The topological polar surface area (TPSA) is 38.1 Å². The van der Waals surface area contributed by atoms with Gasteiger partial charge in [0.05, 0.1) is 0 Å². The Morgan fingerprint density at radius 1 is 1.33 bits per heavy atom. The predicted octanol–water partition coefficient (Wildman–Crippen LogP) is 4.48. The molecule has 0 radical (unpaired) electrons. The van der Waals surface area contributed by atoms with Gasteiger partial charge in [0.15, 0.2) is 5.58 Å². The van der Waals surface area contributed by atoms with Crippen LogP contribution in [0.2, 0.25) is 0 Å². The number of thioether (sulfide) groups is 1. The molecule has 0 amide bonds. The number of fused-ring (bicyclic) bond motifs is 1. The standard InChI is InChI=1S/C17H24N2OS/c1-3-6-12-9-10-14(18-2)16(11-12)21-17-19-13-7-4-5-8-15(13)20-17/h4-5,7-8,12,14,16,18H,3,6,9-11H2,1-2H3. The fourth-order valence-corrected chi connectivity index (χ4v) is 4.73. The van der Waals surface area contributed by atoms with Gasteiger partial charge in [-0.05, 0) is 44.4 Å². The molecule has 21 heavy (non-hydrogen) atoms. The van der Waals surface area contributed by atoms with Crippen molar-refractivity contribution in [3.8, 4) is 0 Å². The van der Waals surface area contributed by atoms with Crippen molar-refractivity contribution in [2.45, 2.75) is 55.5 Å². The molecule has 1 aliphatic carbocycles. The summed E-state index contributed by atoms with van der Waals surface area (Å²) in [6, 6.07) is 8.57. The van der Waals surface area contributed by atoms with E-state index < -0.39 is 0 Å². The number of benzene rings is 1. The van der Waals surface area contributed by atoms with Gasteiger partial charge in [-0.3, -0.25) is 0 Å². The van der Waals surface area contributed by atoms with Crippen LogP contribution in [-0.4, -0.2) is 23.3 Å². The van der Waals surface area contributed by atoms with Crippen LogP contribution in [0, 0.1) is 5.92 Å². The molecule has 0 saturated heterocycles. The van der Waals surface area contributed by atoms with E-state index in [0.717, 1.165) is 22.2 Å². The predicted molar refractivity (Wildman–Crippen MR) is 88.8 cm³/mol. The summed E-state index contributed by atoms with van der Waals surface area (Å²) in [7, 11) is 2.07. The number of aromatic nitrogens is 1. The zero-order chi connectivity index (χ0) is 14.7. The molecule has 1 aromatic heterocycles. The first-order valence-corrected chi connectivity index (χ1v) is 8.87. The Balaban J connectivity index is 1.73. The van der Waals surface area contributed by atoms with Gasteiger partial charge in [0.1, 0.15) is 5.52 Å². The second-order valence-electron chi connectivity index (χ2n) is 5.97. The van der Waals surface area contributed by atoms with E-state index >= 15 is 0 Å². The minimum atomic E-state index is 0.563. The Bertz CT molecular complexity index is 550. The smallest absolute Gasteiger partial charge is 0.257 e. The molecule has 1 heterocycles. The van der Waals surface area contributed by atoms with Crippen molar-refractivity contribution in [2.24, 2.45) is 5.92 Å². The second kappa shape index (κ2) is 6.84. The summed E-state index contributed by atoms with van der Waals surface area (Å²) < 4.78 is 5.88. The fourth-order valence-electron chi connectivity index (χ4n) is 3.37. The summed E-state index contributed by atoms with van der Waals surface area (Å²) >= 11 is 1.81. The molecule has 3 rings (SSSR count). The number of nitrogens with one attached hydrogen (secondary N) is 1. The number of oxazole rings is 1. The highest BCUT2D eigenvalue weighted by molar-refractivity contribution is 7.99. The number of nitrogens with zero attached hydrogens (tertiary/aromatic N) is 1. The Hall–Kier alpha value is -1.00. The zero-order valence-corrected chi connectivity index (χ0v) is 13.7. The van der Waals surface area contributed by atoms with Gasteiger partial charge >= 0.3 is 0 Å². The molecule has 3 atom stereocenters. The van der Waals surface area contributed by atoms with Crippen LogP contribution >= 0.6 is 11.8 Å². The van der Waals surface area contributed by atoms with E-state index in [4.69, 9.17) is 4.42 Å². The van der Waals surface area contributed by atoms with Crippen LogP contribution < -0.4 is 5.32 Å². The highest BCUT2D eigenvalue weighted by atomic mass is 32.2. The van der Waals surface area contributed by atoms with E-state index in [1.54, 1.807) is 0 Å². The van der Waals surface area contributed by atoms with Gasteiger partial charge in [0.25, 0.3) is 5.22 Å². The summed E-state index contributed by atoms with van der Waals surface area (Å²) in [5.41, 5.74) is 1.85. The average Bonchev–Trinajstić information content (AvgIpc) is 2.90. The number of hydrogen-bond donors (Lipinski definition) is 1. The van der Waals surface area contributed by atoms with Crippen LogP contribution in [0.15, 0.2) is 33.9 Å². The third-order valence-corrected chi connectivity index (χ3v) is 5.69. The van der Waals surface area contributed by atoms with Crippen molar-refractivity contribution in [1.82, 2.24) is 10.3 Å². The first-order valence-electron chi connectivity index (χ1n) is 7.99. The third kappa shape index (κ3) is 3.43. The molecule has 1 N–H and O–H groups in total. The van der Waals surface area contributed by atoms with Gasteiger partial charge in [-0.15, -0.1) is 0 Å². The van der Waals surface area contributed by atoms with Crippen molar-refractivity contribution in [3.05, 3.63) is 24.3 Å². The lowest BCUT2D eigenvalue weighted by Crippen LogP contribution is -2.40. The second-order valence-corrected chi connectivity index (χ2v) is 7.16. The maximum Gasteiger partial charge on any atom is 0.257 e. The molecule has 114 valence electrons. The van der Waals surface area contributed by atoms with Crippen molar-refractivity contribution in [2.75, 3.05) is 7.05 Å². The highest BCUT2D eigenvalue weighted by Gasteiger charge is 2.31. The lowest BCUT2D eigenvalue weighted by molar-refractivity contribution is 0.294. The van der Waals surface area contributed by atoms with E-state index in [-0.39, 0.29) is 0 Å². The first kappa shape index (κ1) is 14.9. The Morgan fingerprint density at radius 3 is 2.95 bits per heavy atom. The van der Waals surface area contributed by atoms with Crippen molar-refractivity contribution < 1.29 is 4.42 Å². The number of rotatable bonds is 5. The molecule has 3 nitrogen and oxygen atoms in total. The molecular formula is C17H24N2OS. The van der Waals surface area contributed by atoms with Gasteiger partial charge in [0, 0.05) is 11.3 Å². The lowest BCUT2D eigenvalue weighted by atomic mass is 9.83. The van der Waals surface area contributed by atoms with Crippen molar-refractivity contribution >= 4 is 22.9 Å². The normalized spacial score (nSPS) is 26.3. The molecule has 2 aromatic rings. The van der Waals surface area contributed by atoms with Crippen molar-refractivity contribution in [3.63, 3.8) is 0 Å². The lowest BCUT2D eigenvalue weighted by Gasteiger charge is -2.34. The van der Waals surface area contributed by atoms with Gasteiger partial charge in [-0.2, -0.15) is 0 Å². The molecule has 1 aliphatic rings. The summed E-state index contributed by atoms with van der Waals surface area (Å²) in [6.07, 6.45) is 6.52. The minimum Gasteiger partial charge on any atom is -0.431 e. The third-order valence-electron chi connectivity index (χ3n) is 4.49. The maximum atomic E-state index is 5.88. The van der Waals surface area contributed by atoms with Crippen LogP contribution in [0.3, 0.4) is 0 Å². The van der Waals surface area contributed by atoms with Crippen LogP contribution in [-0.2, 0) is 0 Å². The Morgan fingerprint density at radius 2 is 2.19 bits per heavy atom. The highest BCUT2D eigenvalue weighted by Crippen LogP contribution is 2.38. The zero-order valence-electron chi connectivity index (χ0n) is 12.8. The molecule has 4 heteroatoms. The molecule has 0 aliphatic heterocycles. The van der Waals surface area contributed by atoms with E-state index in [1.165, 1.54) is 32.1 Å². The fraction of sp³-hybridized carbons (Fsp3) is 0.588. The molecule has 0 bridgehead atoms. The van der Waals surface area contributed by atoms with Gasteiger partial charge < -0.3 is 9.73 Å². The molecule has 3 unspecified atom stereocenters. The molecule has 1 fully saturated rings. The average molecular weight is 304 g/mol. The summed E-state index contributed by atoms with van der Waals surface area (Å²) in [5.74, 6) is 0.862. The SMILES string of the molecule is CCCC1CCC(NC)C(Sc2nc3ccccc3o2)C1. The monoisotopic (exact) mass is 304 g/mol. The van der Waals surface area contributed by atoms with Gasteiger partial charge in [-0.25, -0.2) is 4.98 Å². The molecular weight excluding hydrogens is 280 g/mol. The van der Waals surface area contributed by atoms with E-state index in [0.29, 0.717) is 11.3 Å². The minimum absolute atomic E-state index is 0.563. The van der Waals surface area contributed by atoms with E-state index in [9.17, 15) is 0 Å². The van der Waals surface area contributed by atoms with Crippen LogP contribution in [0.25, 0.3) is 11.1 Å². The van der Waals surface area contributed by atoms with E-state index in [1.807, 2.05) is 36.0 Å². The number of para-hydroxylation sites is 2. The first-order chi connectivity index (χ1) is 10.3. The summed E-state index contributed by atoms with van der Waals surface area (Å²) in [5, 5.41) is 4.86.